The molecule has 0 saturated heterocycles. The van der Waals surface area contributed by atoms with Crippen molar-refractivity contribution in [3.05, 3.63) is 28.8 Å². The van der Waals surface area contributed by atoms with Crippen molar-refractivity contribution in [1.82, 2.24) is 0 Å². The number of Topliss-reactive ketones (excluding diaryl/α,β-unsaturated/α-hetero) is 1. The third-order valence-corrected chi connectivity index (χ3v) is 3.78. The van der Waals surface area contributed by atoms with Gasteiger partial charge in [-0.1, -0.05) is 36.9 Å². The molecule has 0 bridgehead atoms. The normalized spacial score (nSPS) is 12.0. The van der Waals surface area contributed by atoms with Crippen LogP contribution in [0.1, 0.15) is 48.9 Å². The predicted octanol–water partition coefficient (Wildman–Crippen LogP) is 3.28. The Kier molecular flexibility index (Phi) is 7.91. The topological polar surface area (TPSA) is 89.6 Å². The molecule has 6 heteroatoms. The van der Waals surface area contributed by atoms with Gasteiger partial charge in [0.25, 0.3) is 0 Å². The monoisotopic (exact) mass is 327 g/mol. The number of halogens is 1. The maximum atomic E-state index is 12.2. The molecule has 1 aromatic rings. The molecule has 122 valence electrons. The van der Waals surface area contributed by atoms with Crippen molar-refractivity contribution in [3.8, 4) is 5.75 Å². The largest absolute Gasteiger partial charge is 0.496 e. The smallest absolute Gasteiger partial charge is 0.320 e. The van der Waals surface area contributed by atoms with Gasteiger partial charge in [0, 0.05) is 6.42 Å². The fourth-order valence-corrected chi connectivity index (χ4v) is 2.47. The molecule has 1 atom stereocenters. The lowest BCUT2D eigenvalue weighted by atomic mass is 10.0. The predicted molar refractivity (Wildman–Crippen MR) is 85.6 cm³/mol. The first-order valence-corrected chi connectivity index (χ1v) is 7.69. The summed E-state index contributed by atoms with van der Waals surface area (Å²) in [5.74, 6) is -0.518. The molecule has 0 aromatic heterocycles. The highest BCUT2D eigenvalue weighted by Gasteiger charge is 2.15. The van der Waals surface area contributed by atoms with E-state index in [9.17, 15) is 9.59 Å². The number of aliphatic carboxylic acids is 1. The molecule has 0 radical (unpaired) electrons. The third-order valence-electron chi connectivity index (χ3n) is 3.46. The van der Waals surface area contributed by atoms with Crippen molar-refractivity contribution >= 4 is 23.4 Å². The van der Waals surface area contributed by atoms with Gasteiger partial charge in [0.1, 0.15) is 11.8 Å². The molecule has 0 spiro atoms. The molecule has 1 unspecified atom stereocenters. The van der Waals surface area contributed by atoms with E-state index in [0.29, 0.717) is 29.2 Å². The third kappa shape index (κ3) is 5.66. The first kappa shape index (κ1) is 18.5. The van der Waals surface area contributed by atoms with Crippen molar-refractivity contribution in [2.75, 3.05) is 7.11 Å². The van der Waals surface area contributed by atoms with E-state index >= 15 is 0 Å². The first-order chi connectivity index (χ1) is 10.5. The van der Waals surface area contributed by atoms with E-state index in [1.807, 2.05) is 0 Å². The molecule has 5 nitrogen and oxygen atoms in total. The van der Waals surface area contributed by atoms with Gasteiger partial charge >= 0.3 is 5.97 Å². The summed E-state index contributed by atoms with van der Waals surface area (Å²) in [6.45, 7) is 0. The second-order valence-electron chi connectivity index (χ2n) is 5.14. The summed E-state index contributed by atoms with van der Waals surface area (Å²) in [6, 6.07) is 4.33. The summed E-state index contributed by atoms with van der Waals surface area (Å²) >= 11 is 6.06. The summed E-state index contributed by atoms with van der Waals surface area (Å²) in [5.41, 5.74) is 5.85. The van der Waals surface area contributed by atoms with E-state index in [2.05, 4.69) is 0 Å². The minimum Gasteiger partial charge on any atom is -0.496 e. The number of carboxylic acids is 1. The summed E-state index contributed by atoms with van der Waals surface area (Å²) in [4.78, 5) is 22.8. The Morgan fingerprint density at radius 3 is 2.59 bits per heavy atom. The number of ether oxygens (including phenoxy) is 1. The number of hydrogen-bond donors (Lipinski definition) is 2. The second-order valence-corrected chi connectivity index (χ2v) is 5.55. The summed E-state index contributed by atoms with van der Waals surface area (Å²) in [5, 5.41) is 9.06. The summed E-state index contributed by atoms with van der Waals surface area (Å²) in [7, 11) is 1.51. The van der Waals surface area contributed by atoms with Crippen LogP contribution >= 0.6 is 11.6 Å². The van der Waals surface area contributed by atoms with Crippen LogP contribution in [0.2, 0.25) is 5.02 Å². The number of ketones is 1. The zero-order valence-corrected chi connectivity index (χ0v) is 13.4. The lowest BCUT2D eigenvalue weighted by Gasteiger charge is -2.09. The molecule has 0 aliphatic carbocycles. The van der Waals surface area contributed by atoms with Gasteiger partial charge in [-0.05, 0) is 25.0 Å². The van der Waals surface area contributed by atoms with Crippen LogP contribution in [0.25, 0.3) is 0 Å². The highest BCUT2D eigenvalue weighted by Crippen LogP contribution is 2.28. The van der Waals surface area contributed by atoms with Crippen LogP contribution in [0.5, 0.6) is 5.75 Å². The van der Waals surface area contributed by atoms with Crippen LogP contribution in [0.3, 0.4) is 0 Å². The molecule has 0 saturated carbocycles. The number of carbonyl (C=O) groups is 2. The number of carbonyl (C=O) groups excluding carboxylic acids is 1. The van der Waals surface area contributed by atoms with Crippen molar-refractivity contribution in [3.63, 3.8) is 0 Å². The molecular weight excluding hydrogens is 306 g/mol. The lowest BCUT2D eigenvalue weighted by Crippen LogP contribution is -2.29. The SMILES string of the molecule is COc1cccc(Cl)c1C(=O)CCCCCCC(N)C(=O)O. The van der Waals surface area contributed by atoms with Gasteiger partial charge in [0.2, 0.25) is 0 Å². The Labute approximate surface area is 135 Å². The van der Waals surface area contributed by atoms with Crippen LogP contribution in [-0.4, -0.2) is 30.0 Å². The van der Waals surface area contributed by atoms with E-state index in [1.165, 1.54) is 7.11 Å². The van der Waals surface area contributed by atoms with Gasteiger partial charge < -0.3 is 15.6 Å². The van der Waals surface area contributed by atoms with Crippen LogP contribution in [0.15, 0.2) is 18.2 Å². The minimum absolute atomic E-state index is 0.0373. The Hall–Kier alpha value is -1.59. The van der Waals surface area contributed by atoms with E-state index in [-0.39, 0.29) is 5.78 Å². The fourth-order valence-electron chi connectivity index (χ4n) is 2.20. The Morgan fingerprint density at radius 1 is 1.27 bits per heavy atom. The van der Waals surface area contributed by atoms with Crippen molar-refractivity contribution in [2.45, 2.75) is 44.6 Å². The van der Waals surface area contributed by atoms with Crippen molar-refractivity contribution in [1.29, 1.82) is 0 Å². The fraction of sp³-hybridized carbons (Fsp3) is 0.500. The maximum absolute atomic E-state index is 12.2. The summed E-state index contributed by atoms with van der Waals surface area (Å²) in [6.07, 6.45) is 4.04. The molecule has 1 aromatic carbocycles. The van der Waals surface area contributed by atoms with Gasteiger partial charge in [0.05, 0.1) is 17.7 Å². The molecule has 1 rings (SSSR count). The first-order valence-electron chi connectivity index (χ1n) is 7.31. The number of rotatable bonds is 10. The van der Waals surface area contributed by atoms with Crippen LogP contribution < -0.4 is 10.5 Å². The van der Waals surface area contributed by atoms with E-state index in [0.717, 1.165) is 25.7 Å². The molecule has 3 N–H and O–H groups in total. The summed E-state index contributed by atoms with van der Waals surface area (Å²) < 4.78 is 5.17. The molecular formula is C16H22ClNO4. The number of benzene rings is 1. The maximum Gasteiger partial charge on any atom is 0.320 e. The molecule has 0 aliphatic heterocycles. The number of unbranched alkanes of at least 4 members (excludes halogenated alkanes) is 3. The van der Waals surface area contributed by atoms with E-state index in [4.69, 9.17) is 27.2 Å². The Bertz CT molecular complexity index is 519. The Balaban J connectivity index is 2.34. The second kappa shape index (κ2) is 9.43. The van der Waals surface area contributed by atoms with Gasteiger partial charge in [-0.15, -0.1) is 0 Å². The highest BCUT2D eigenvalue weighted by atomic mass is 35.5. The van der Waals surface area contributed by atoms with Gasteiger partial charge in [-0.3, -0.25) is 9.59 Å². The minimum atomic E-state index is -0.971. The van der Waals surface area contributed by atoms with E-state index < -0.39 is 12.0 Å². The zero-order valence-electron chi connectivity index (χ0n) is 12.7. The average Bonchev–Trinajstić information content (AvgIpc) is 2.49. The molecule has 0 heterocycles. The number of nitrogens with two attached hydrogens (primary N) is 1. The van der Waals surface area contributed by atoms with Crippen LogP contribution in [0, 0.1) is 0 Å². The van der Waals surface area contributed by atoms with Crippen molar-refractivity contribution < 1.29 is 19.4 Å². The standard InChI is InChI=1S/C16H22ClNO4/c1-22-14-10-6-7-11(17)15(14)13(19)9-5-3-2-4-8-12(18)16(20)21/h6-7,10,12H,2-5,8-9,18H2,1H3,(H,20,21). The highest BCUT2D eigenvalue weighted by molar-refractivity contribution is 6.34. The van der Waals surface area contributed by atoms with E-state index in [1.54, 1.807) is 18.2 Å². The van der Waals surface area contributed by atoms with Crippen molar-refractivity contribution in [2.24, 2.45) is 5.73 Å². The van der Waals surface area contributed by atoms with Crippen LogP contribution in [0.4, 0.5) is 0 Å². The molecule has 22 heavy (non-hydrogen) atoms. The zero-order chi connectivity index (χ0) is 16.5. The van der Waals surface area contributed by atoms with Gasteiger partial charge in [-0.25, -0.2) is 0 Å². The molecule has 0 amide bonds. The van der Waals surface area contributed by atoms with Gasteiger partial charge in [-0.2, -0.15) is 0 Å². The molecule has 0 aliphatic rings. The van der Waals surface area contributed by atoms with Gasteiger partial charge in [0.15, 0.2) is 5.78 Å². The Morgan fingerprint density at radius 2 is 1.95 bits per heavy atom. The molecule has 0 fully saturated rings. The number of hydrogen-bond acceptors (Lipinski definition) is 4. The lowest BCUT2D eigenvalue weighted by molar-refractivity contribution is -0.138. The number of methoxy groups -OCH3 is 1. The number of carboxylic acid groups (broad SMARTS) is 1. The van der Waals surface area contributed by atoms with Crippen LogP contribution in [-0.2, 0) is 4.79 Å². The quantitative estimate of drug-likeness (QED) is 0.508. The average molecular weight is 328 g/mol.